The van der Waals surface area contributed by atoms with Crippen LogP contribution in [0.25, 0.3) is 0 Å². The van der Waals surface area contributed by atoms with Gasteiger partial charge in [-0.15, -0.1) is 0 Å². The number of halogens is 1. The maximum absolute atomic E-state index is 11.4. The first-order valence-electron chi connectivity index (χ1n) is 8.39. The van der Waals surface area contributed by atoms with Crippen molar-refractivity contribution in [2.75, 3.05) is 36.5 Å². The molecule has 142 valence electrons. The summed E-state index contributed by atoms with van der Waals surface area (Å²) in [6.45, 7) is 2.99. The average molecular weight is 391 g/mol. The molecule has 0 spiro atoms. The smallest absolute Gasteiger partial charge is 0.275 e. The number of primary amides is 1. The number of hydrogen-bond acceptors (Lipinski definition) is 6. The van der Waals surface area contributed by atoms with E-state index in [9.17, 15) is 14.9 Å². The van der Waals surface area contributed by atoms with Crippen LogP contribution in [0.15, 0.2) is 36.4 Å². The van der Waals surface area contributed by atoms with Gasteiger partial charge >= 0.3 is 0 Å². The van der Waals surface area contributed by atoms with Gasteiger partial charge < -0.3 is 20.7 Å². The quantitative estimate of drug-likeness (QED) is 0.579. The fourth-order valence-electron chi connectivity index (χ4n) is 2.96. The van der Waals surface area contributed by atoms with E-state index in [1.807, 2.05) is 12.1 Å². The Hall–Kier alpha value is -2.84. The Kier molecular flexibility index (Phi) is 5.78. The number of amides is 1. The fraction of sp³-hybridized carbons (Fsp3) is 0.278. The SMILES string of the molecule is NC(=O)c1ccc(CNc2cc(Cl)ccc2N2CCOCC2)c([N+](=O)[O-])c1. The van der Waals surface area contributed by atoms with Crippen LogP contribution in [0.4, 0.5) is 17.1 Å². The van der Waals surface area contributed by atoms with Crippen LogP contribution in [0.1, 0.15) is 15.9 Å². The minimum Gasteiger partial charge on any atom is -0.379 e. The molecule has 9 heteroatoms. The second kappa shape index (κ2) is 8.24. The summed E-state index contributed by atoms with van der Waals surface area (Å²) >= 11 is 6.13. The highest BCUT2D eigenvalue weighted by Crippen LogP contribution is 2.31. The molecular formula is C18H19ClN4O4. The molecule has 2 aromatic rings. The monoisotopic (exact) mass is 390 g/mol. The zero-order chi connectivity index (χ0) is 19.4. The molecule has 1 saturated heterocycles. The number of ether oxygens (including phenoxy) is 1. The lowest BCUT2D eigenvalue weighted by Crippen LogP contribution is -2.36. The highest BCUT2D eigenvalue weighted by atomic mass is 35.5. The number of nitro groups is 1. The number of rotatable bonds is 6. The number of carbonyl (C=O) groups excluding carboxylic acids is 1. The van der Waals surface area contributed by atoms with Gasteiger partial charge in [-0.2, -0.15) is 0 Å². The van der Waals surface area contributed by atoms with E-state index >= 15 is 0 Å². The molecule has 0 radical (unpaired) electrons. The van der Waals surface area contributed by atoms with Crippen LogP contribution < -0.4 is 16.0 Å². The van der Waals surface area contributed by atoms with E-state index in [2.05, 4.69) is 10.2 Å². The molecule has 0 aliphatic carbocycles. The summed E-state index contributed by atoms with van der Waals surface area (Å²) in [5.74, 6) is -0.706. The van der Waals surface area contributed by atoms with Crippen molar-refractivity contribution in [1.29, 1.82) is 0 Å². The standard InChI is InChI=1S/C18H19ClN4O4/c19-14-3-4-16(22-5-7-27-8-6-22)15(10-14)21-11-13-2-1-12(18(20)24)9-17(13)23(25)26/h1-4,9-10,21H,5-8,11H2,(H2,20,24). The Balaban J connectivity index is 1.85. The highest BCUT2D eigenvalue weighted by molar-refractivity contribution is 6.31. The van der Waals surface area contributed by atoms with Gasteiger partial charge in [0, 0.05) is 41.9 Å². The van der Waals surface area contributed by atoms with Crippen LogP contribution in [-0.2, 0) is 11.3 Å². The van der Waals surface area contributed by atoms with Crippen molar-refractivity contribution in [2.24, 2.45) is 5.73 Å². The lowest BCUT2D eigenvalue weighted by molar-refractivity contribution is -0.385. The number of nitro benzene ring substituents is 1. The highest BCUT2D eigenvalue weighted by Gasteiger charge is 2.18. The van der Waals surface area contributed by atoms with Crippen molar-refractivity contribution in [3.8, 4) is 0 Å². The summed E-state index contributed by atoms with van der Waals surface area (Å²) < 4.78 is 5.39. The van der Waals surface area contributed by atoms with E-state index in [0.29, 0.717) is 23.8 Å². The third kappa shape index (κ3) is 4.47. The van der Waals surface area contributed by atoms with E-state index in [1.54, 1.807) is 6.07 Å². The minimum atomic E-state index is -0.706. The second-order valence-electron chi connectivity index (χ2n) is 6.08. The Bertz CT molecular complexity index is 868. The van der Waals surface area contributed by atoms with E-state index < -0.39 is 10.8 Å². The number of carbonyl (C=O) groups is 1. The zero-order valence-electron chi connectivity index (χ0n) is 14.5. The molecule has 8 nitrogen and oxygen atoms in total. The van der Waals surface area contributed by atoms with Gasteiger partial charge in [0.2, 0.25) is 5.91 Å². The topological polar surface area (TPSA) is 111 Å². The number of hydrogen-bond donors (Lipinski definition) is 2. The predicted molar refractivity (Wildman–Crippen MR) is 103 cm³/mol. The number of nitrogens with two attached hydrogens (primary N) is 1. The Morgan fingerprint density at radius 1 is 1.26 bits per heavy atom. The Labute approximate surface area is 161 Å². The molecule has 1 amide bonds. The third-order valence-electron chi connectivity index (χ3n) is 4.35. The van der Waals surface area contributed by atoms with Crippen LogP contribution in [0.5, 0.6) is 0 Å². The van der Waals surface area contributed by atoms with Crippen molar-refractivity contribution in [3.05, 3.63) is 62.7 Å². The molecule has 0 saturated carbocycles. The van der Waals surface area contributed by atoms with Gasteiger partial charge in [-0.05, 0) is 30.3 Å². The molecule has 0 atom stereocenters. The first-order chi connectivity index (χ1) is 13.0. The summed E-state index contributed by atoms with van der Waals surface area (Å²) in [5.41, 5.74) is 7.33. The molecule has 1 heterocycles. The van der Waals surface area contributed by atoms with Crippen molar-refractivity contribution < 1.29 is 14.5 Å². The number of nitrogens with zero attached hydrogens (tertiary/aromatic N) is 2. The van der Waals surface area contributed by atoms with E-state index in [4.69, 9.17) is 22.1 Å². The molecule has 1 aliphatic rings. The van der Waals surface area contributed by atoms with Crippen molar-refractivity contribution >= 4 is 34.6 Å². The summed E-state index contributed by atoms with van der Waals surface area (Å²) in [4.78, 5) is 24.3. The second-order valence-corrected chi connectivity index (χ2v) is 6.52. The molecule has 1 fully saturated rings. The van der Waals surface area contributed by atoms with E-state index in [1.165, 1.54) is 18.2 Å². The lowest BCUT2D eigenvalue weighted by Gasteiger charge is -2.30. The summed E-state index contributed by atoms with van der Waals surface area (Å²) in [6, 6.07) is 9.72. The van der Waals surface area contributed by atoms with Gasteiger partial charge in [0.15, 0.2) is 0 Å². The Morgan fingerprint density at radius 2 is 2.00 bits per heavy atom. The maximum Gasteiger partial charge on any atom is 0.275 e. The fourth-order valence-corrected chi connectivity index (χ4v) is 3.13. The van der Waals surface area contributed by atoms with Gasteiger partial charge in [-0.25, -0.2) is 0 Å². The van der Waals surface area contributed by atoms with Crippen molar-refractivity contribution in [2.45, 2.75) is 6.54 Å². The van der Waals surface area contributed by atoms with Crippen LogP contribution in [0.3, 0.4) is 0 Å². The van der Waals surface area contributed by atoms with Crippen LogP contribution >= 0.6 is 11.6 Å². The molecule has 0 aromatic heterocycles. The third-order valence-corrected chi connectivity index (χ3v) is 4.58. The number of morpholine rings is 1. The van der Waals surface area contributed by atoms with E-state index in [0.717, 1.165) is 24.5 Å². The van der Waals surface area contributed by atoms with Crippen LogP contribution in [-0.4, -0.2) is 37.1 Å². The van der Waals surface area contributed by atoms with Crippen molar-refractivity contribution in [1.82, 2.24) is 0 Å². The predicted octanol–water partition coefficient (Wildman–Crippen LogP) is 2.80. The minimum absolute atomic E-state index is 0.0993. The van der Waals surface area contributed by atoms with Gasteiger partial charge in [-0.1, -0.05) is 11.6 Å². The molecular weight excluding hydrogens is 372 g/mol. The van der Waals surface area contributed by atoms with E-state index in [-0.39, 0.29) is 17.8 Å². The summed E-state index contributed by atoms with van der Waals surface area (Å²) in [6.07, 6.45) is 0. The van der Waals surface area contributed by atoms with Crippen LogP contribution in [0, 0.1) is 10.1 Å². The molecule has 0 bridgehead atoms. The number of anilines is 2. The zero-order valence-corrected chi connectivity index (χ0v) is 15.2. The molecule has 27 heavy (non-hydrogen) atoms. The Morgan fingerprint density at radius 3 is 2.67 bits per heavy atom. The van der Waals surface area contributed by atoms with Gasteiger partial charge in [0.1, 0.15) is 0 Å². The average Bonchev–Trinajstić information content (AvgIpc) is 2.66. The largest absolute Gasteiger partial charge is 0.379 e. The van der Waals surface area contributed by atoms with Crippen molar-refractivity contribution in [3.63, 3.8) is 0 Å². The molecule has 2 aromatic carbocycles. The first-order valence-corrected chi connectivity index (χ1v) is 8.77. The lowest BCUT2D eigenvalue weighted by atomic mass is 10.1. The number of benzene rings is 2. The normalized spacial score (nSPS) is 14.0. The number of nitrogens with one attached hydrogen (secondary N) is 1. The maximum atomic E-state index is 11.4. The van der Waals surface area contributed by atoms with Gasteiger partial charge in [-0.3, -0.25) is 14.9 Å². The van der Waals surface area contributed by atoms with Gasteiger partial charge in [0.25, 0.3) is 5.69 Å². The molecule has 3 N–H and O–H groups in total. The molecule has 3 rings (SSSR count). The van der Waals surface area contributed by atoms with Gasteiger partial charge in [0.05, 0.1) is 29.5 Å². The summed E-state index contributed by atoms with van der Waals surface area (Å²) in [5, 5.41) is 15.1. The summed E-state index contributed by atoms with van der Waals surface area (Å²) in [7, 11) is 0. The van der Waals surface area contributed by atoms with Crippen LogP contribution in [0.2, 0.25) is 5.02 Å². The molecule has 1 aliphatic heterocycles. The first kappa shape index (κ1) is 18.9. The molecule has 0 unspecified atom stereocenters.